The summed E-state index contributed by atoms with van der Waals surface area (Å²) in [6, 6.07) is -0.363. The molecule has 5 nitrogen and oxygen atoms in total. The van der Waals surface area contributed by atoms with E-state index >= 15 is 0 Å². The number of hydrogen-bond acceptors (Lipinski definition) is 5. The van der Waals surface area contributed by atoms with Crippen LogP contribution < -0.4 is 5.32 Å². The molecule has 106 valence electrons. The van der Waals surface area contributed by atoms with Gasteiger partial charge < -0.3 is 4.74 Å². The zero-order valence-electron chi connectivity index (χ0n) is 12.3. The molecule has 0 aromatic carbocycles. The van der Waals surface area contributed by atoms with Crippen LogP contribution in [-0.4, -0.2) is 29.1 Å². The quantitative estimate of drug-likeness (QED) is 0.797. The molecule has 1 rings (SSSR count). The molecule has 2 unspecified atom stereocenters. The van der Waals surface area contributed by atoms with E-state index in [-0.39, 0.29) is 18.1 Å². The summed E-state index contributed by atoms with van der Waals surface area (Å²) < 4.78 is 4.84. The molecule has 5 heteroatoms. The van der Waals surface area contributed by atoms with Gasteiger partial charge in [0.05, 0.1) is 18.5 Å². The molecule has 1 heterocycles. The summed E-state index contributed by atoms with van der Waals surface area (Å²) in [4.78, 5) is 20.3. The van der Waals surface area contributed by atoms with Crippen LogP contribution >= 0.6 is 0 Å². The van der Waals surface area contributed by atoms with Crippen molar-refractivity contribution in [2.24, 2.45) is 5.92 Å². The normalized spacial score (nSPS) is 14.2. The van der Waals surface area contributed by atoms with Gasteiger partial charge in [-0.3, -0.25) is 20.1 Å². The Balaban J connectivity index is 2.78. The number of aromatic nitrogens is 2. The van der Waals surface area contributed by atoms with Gasteiger partial charge in [0.25, 0.3) is 0 Å². The van der Waals surface area contributed by atoms with Gasteiger partial charge in [-0.2, -0.15) is 0 Å². The first-order chi connectivity index (χ1) is 8.95. The van der Waals surface area contributed by atoms with E-state index in [4.69, 9.17) is 4.74 Å². The summed E-state index contributed by atoms with van der Waals surface area (Å²) in [7, 11) is 1.41. The van der Waals surface area contributed by atoms with Crippen LogP contribution in [0.2, 0.25) is 0 Å². The number of carbonyl (C=O) groups is 1. The fraction of sp³-hybridized carbons (Fsp3) is 0.643. The maximum Gasteiger partial charge on any atom is 0.322 e. The van der Waals surface area contributed by atoms with Crippen molar-refractivity contribution >= 4 is 5.97 Å². The van der Waals surface area contributed by atoms with E-state index < -0.39 is 0 Å². The molecule has 0 radical (unpaired) electrons. The molecule has 0 aliphatic rings. The van der Waals surface area contributed by atoms with Gasteiger partial charge in [-0.15, -0.1) is 0 Å². The van der Waals surface area contributed by atoms with E-state index in [2.05, 4.69) is 29.1 Å². The number of hydrogen-bond donors (Lipinski definition) is 1. The highest BCUT2D eigenvalue weighted by molar-refractivity contribution is 5.75. The van der Waals surface area contributed by atoms with Crippen molar-refractivity contribution in [3.05, 3.63) is 23.8 Å². The monoisotopic (exact) mass is 265 g/mol. The van der Waals surface area contributed by atoms with Gasteiger partial charge in [0.15, 0.2) is 0 Å². The predicted molar refractivity (Wildman–Crippen MR) is 73.6 cm³/mol. The first-order valence-corrected chi connectivity index (χ1v) is 6.57. The highest BCUT2D eigenvalue weighted by atomic mass is 16.5. The standard InChI is InChI=1S/C14H23N3O2/c1-9(2)8-12(14(18)19-5)17-11(4)13-10(3)15-6-7-16-13/h6-7,9,11-12,17H,8H2,1-5H3. The summed E-state index contributed by atoms with van der Waals surface area (Å²) in [6.45, 7) is 8.05. The maximum atomic E-state index is 11.8. The van der Waals surface area contributed by atoms with Crippen molar-refractivity contribution in [1.82, 2.24) is 15.3 Å². The molecule has 0 saturated carbocycles. The zero-order valence-corrected chi connectivity index (χ0v) is 12.3. The van der Waals surface area contributed by atoms with Crippen molar-refractivity contribution in [3.63, 3.8) is 0 Å². The average Bonchev–Trinajstić information content (AvgIpc) is 2.36. The van der Waals surface area contributed by atoms with Crippen molar-refractivity contribution in [3.8, 4) is 0 Å². The van der Waals surface area contributed by atoms with Gasteiger partial charge in [-0.05, 0) is 26.2 Å². The van der Waals surface area contributed by atoms with E-state index in [9.17, 15) is 4.79 Å². The van der Waals surface area contributed by atoms with Crippen molar-refractivity contribution in [1.29, 1.82) is 0 Å². The number of methoxy groups -OCH3 is 1. The van der Waals surface area contributed by atoms with Crippen molar-refractivity contribution in [2.75, 3.05) is 7.11 Å². The molecule has 0 amide bonds. The minimum Gasteiger partial charge on any atom is -0.468 e. The molecule has 0 fully saturated rings. The summed E-state index contributed by atoms with van der Waals surface area (Å²) in [5.41, 5.74) is 1.73. The van der Waals surface area contributed by atoms with Crippen LogP contribution in [0.3, 0.4) is 0 Å². The highest BCUT2D eigenvalue weighted by Crippen LogP contribution is 2.15. The first kappa shape index (κ1) is 15.6. The third-order valence-corrected chi connectivity index (χ3v) is 2.97. The second-order valence-corrected chi connectivity index (χ2v) is 5.12. The largest absolute Gasteiger partial charge is 0.468 e. The van der Waals surface area contributed by atoms with Crippen LogP contribution in [0.5, 0.6) is 0 Å². The lowest BCUT2D eigenvalue weighted by Crippen LogP contribution is -2.40. The third kappa shape index (κ3) is 4.59. The number of rotatable bonds is 6. The lowest BCUT2D eigenvalue weighted by atomic mass is 10.0. The summed E-state index contributed by atoms with van der Waals surface area (Å²) in [5, 5.41) is 3.28. The van der Waals surface area contributed by atoms with E-state index in [0.717, 1.165) is 17.8 Å². The summed E-state index contributed by atoms with van der Waals surface area (Å²) in [5.74, 6) is 0.175. The van der Waals surface area contributed by atoms with Gasteiger partial charge >= 0.3 is 5.97 Å². The van der Waals surface area contributed by atoms with Crippen LogP contribution in [0.25, 0.3) is 0 Å². The van der Waals surface area contributed by atoms with Crippen LogP contribution in [0.15, 0.2) is 12.4 Å². The molecule has 0 aliphatic heterocycles. The Hall–Kier alpha value is -1.49. The van der Waals surface area contributed by atoms with Gasteiger partial charge in [-0.25, -0.2) is 0 Å². The van der Waals surface area contributed by atoms with E-state index in [1.54, 1.807) is 12.4 Å². The molecule has 1 N–H and O–H groups in total. The van der Waals surface area contributed by atoms with E-state index in [1.165, 1.54) is 7.11 Å². The average molecular weight is 265 g/mol. The lowest BCUT2D eigenvalue weighted by molar-refractivity contribution is -0.143. The van der Waals surface area contributed by atoms with E-state index in [1.807, 2.05) is 13.8 Å². The second kappa shape index (κ2) is 7.19. The molecular weight excluding hydrogens is 242 g/mol. The second-order valence-electron chi connectivity index (χ2n) is 5.12. The van der Waals surface area contributed by atoms with Crippen molar-refractivity contribution < 1.29 is 9.53 Å². The molecule has 2 atom stereocenters. The fourth-order valence-electron chi connectivity index (χ4n) is 2.07. The molecular formula is C14H23N3O2. The van der Waals surface area contributed by atoms with Crippen molar-refractivity contribution in [2.45, 2.75) is 46.2 Å². The minimum atomic E-state index is -0.318. The molecule has 1 aromatic heterocycles. The Morgan fingerprint density at radius 3 is 2.47 bits per heavy atom. The zero-order chi connectivity index (χ0) is 14.4. The van der Waals surface area contributed by atoms with Gasteiger partial charge in [0.2, 0.25) is 0 Å². The molecule has 0 spiro atoms. The fourth-order valence-corrected chi connectivity index (χ4v) is 2.07. The SMILES string of the molecule is COC(=O)C(CC(C)C)NC(C)c1nccnc1C. The predicted octanol–water partition coefficient (Wildman–Crippen LogP) is 2.02. The third-order valence-electron chi connectivity index (χ3n) is 2.97. The first-order valence-electron chi connectivity index (χ1n) is 6.57. The minimum absolute atomic E-state index is 0.0449. The van der Waals surface area contributed by atoms with Crippen LogP contribution in [0.1, 0.15) is 44.6 Å². The number of aryl methyl sites for hydroxylation is 1. The van der Waals surface area contributed by atoms with Crippen LogP contribution in [0, 0.1) is 12.8 Å². The highest BCUT2D eigenvalue weighted by Gasteiger charge is 2.23. The number of nitrogens with zero attached hydrogens (tertiary/aromatic N) is 2. The Kier molecular flexibility index (Phi) is 5.89. The molecule has 19 heavy (non-hydrogen) atoms. The number of ether oxygens (including phenoxy) is 1. The molecule has 0 aliphatic carbocycles. The van der Waals surface area contributed by atoms with Gasteiger partial charge in [0.1, 0.15) is 6.04 Å². The Morgan fingerprint density at radius 2 is 1.95 bits per heavy atom. The van der Waals surface area contributed by atoms with Crippen LogP contribution in [-0.2, 0) is 9.53 Å². The van der Waals surface area contributed by atoms with Gasteiger partial charge in [0, 0.05) is 18.4 Å². The molecule has 0 bridgehead atoms. The van der Waals surface area contributed by atoms with Gasteiger partial charge in [-0.1, -0.05) is 13.8 Å². The number of esters is 1. The van der Waals surface area contributed by atoms with E-state index in [0.29, 0.717) is 5.92 Å². The number of nitrogens with one attached hydrogen (secondary N) is 1. The smallest absolute Gasteiger partial charge is 0.322 e. The summed E-state index contributed by atoms with van der Waals surface area (Å²) >= 11 is 0. The molecule has 1 aromatic rings. The summed E-state index contributed by atoms with van der Waals surface area (Å²) in [6.07, 6.45) is 4.06. The molecule has 0 saturated heterocycles. The number of carbonyl (C=O) groups excluding carboxylic acids is 1. The topological polar surface area (TPSA) is 64.1 Å². The Bertz CT molecular complexity index is 421. The Morgan fingerprint density at radius 1 is 1.32 bits per heavy atom. The van der Waals surface area contributed by atoms with Crippen LogP contribution in [0.4, 0.5) is 0 Å². The maximum absolute atomic E-state index is 11.8. The Labute approximate surface area is 114 Å². The lowest BCUT2D eigenvalue weighted by Gasteiger charge is -2.23.